The van der Waals surface area contributed by atoms with E-state index in [-0.39, 0.29) is 6.03 Å². The molecular weight excluding hydrogens is 312 g/mol. The van der Waals surface area contributed by atoms with Gasteiger partial charge in [0.2, 0.25) is 0 Å². The van der Waals surface area contributed by atoms with E-state index < -0.39 is 0 Å². The third-order valence-corrected chi connectivity index (χ3v) is 3.84. The molecule has 0 saturated carbocycles. The summed E-state index contributed by atoms with van der Waals surface area (Å²) in [5.41, 5.74) is 6.49. The van der Waals surface area contributed by atoms with Crippen molar-refractivity contribution in [3.8, 4) is 17.2 Å². The van der Waals surface area contributed by atoms with Gasteiger partial charge in [-0.1, -0.05) is 0 Å². The lowest BCUT2D eigenvalue weighted by molar-refractivity contribution is 0.144. The molecule has 1 aliphatic rings. The minimum Gasteiger partial charge on any atom is -0.493 e. The summed E-state index contributed by atoms with van der Waals surface area (Å²) in [6, 6.07) is 3.58. The van der Waals surface area contributed by atoms with Gasteiger partial charge in [-0.2, -0.15) is 0 Å². The van der Waals surface area contributed by atoms with Crippen LogP contribution in [0.4, 0.5) is 4.79 Å². The molecule has 24 heavy (non-hydrogen) atoms. The van der Waals surface area contributed by atoms with E-state index in [0.29, 0.717) is 56.7 Å². The molecule has 0 bridgehead atoms. The Balaban J connectivity index is 2.23. The first kappa shape index (κ1) is 18.2. The number of urea groups is 1. The fourth-order valence-corrected chi connectivity index (χ4v) is 2.66. The highest BCUT2D eigenvalue weighted by Crippen LogP contribution is 2.36. The van der Waals surface area contributed by atoms with E-state index in [1.165, 1.54) is 0 Å². The van der Waals surface area contributed by atoms with Gasteiger partial charge in [-0.05, 0) is 13.1 Å². The van der Waals surface area contributed by atoms with Crippen LogP contribution in [-0.2, 0) is 6.54 Å². The van der Waals surface area contributed by atoms with Gasteiger partial charge in [-0.3, -0.25) is 0 Å². The van der Waals surface area contributed by atoms with Crippen LogP contribution in [0.3, 0.4) is 0 Å². The molecule has 2 amide bonds. The normalized spacial score (nSPS) is 13.6. The van der Waals surface area contributed by atoms with Crippen molar-refractivity contribution in [2.75, 3.05) is 54.2 Å². The number of carbonyl (C=O) groups is 1. The molecule has 0 atom stereocenters. The number of benzene rings is 1. The highest BCUT2D eigenvalue weighted by atomic mass is 16.5. The number of hydrogen-bond donors (Lipinski definition) is 2. The molecule has 0 spiro atoms. The van der Waals surface area contributed by atoms with E-state index >= 15 is 0 Å². The lowest BCUT2D eigenvalue weighted by Gasteiger charge is -2.29. The van der Waals surface area contributed by atoms with Gasteiger partial charge in [0.1, 0.15) is 12.4 Å². The van der Waals surface area contributed by atoms with Crippen LogP contribution in [0.15, 0.2) is 12.1 Å². The Hall–Kier alpha value is -2.19. The van der Waals surface area contributed by atoms with Gasteiger partial charge in [0, 0.05) is 24.7 Å². The largest absolute Gasteiger partial charge is 0.493 e. The molecule has 1 heterocycles. The third kappa shape index (κ3) is 4.01. The van der Waals surface area contributed by atoms with Crippen molar-refractivity contribution in [1.82, 2.24) is 15.1 Å². The zero-order chi connectivity index (χ0) is 17.5. The first-order valence-electron chi connectivity index (χ1n) is 7.90. The minimum absolute atomic E-state index is 0.0685. The summed E-state index contributed by atoms with van der Waals surface area (Å²) in [6.07, 6.45) is 0. The second-order valence-corrected chi connectivity index (χ2v) is 5.43. The van der Waals surface area contributed by atoms with Gasteiger partial charge >= 0.3 is 6.03 Å². The summed E-state index contributed by atoms with van der Waals surface area (Å²) < 4.78 is 16.4. The van der Waals surface area contributed by atoms with E-state index in [0.717, 1.165) is 5.56 Å². The van der Waals surface area contributed by atoms with Crippen molar-refractivity contribution in [3.63, 3.8) is 0 Å². The van der Waals surface area contributed by atoms with Crippen molar-refractivity contribution in [1.29, 1.82) is 0 Å². The second kappa shape index (κ2) is 8.60. The Kier molecular flexibility index (Phi) is 6.51. The maximum atomic E-state index is 12.8. The zero-order valence-corrected chi connectivity index (χ0v) is 14.5. The Morgan fingerprint density at radius 2 is 2.08 bits per heavy atom. The van der Waals surface area contributed by atoms with Gasteiger partial charge in [0.05, 0.1) is 34.0 Å². The van der Waals surface area contributed by atoms with E-state index in [2.05, 4.69) is 5.32 Å². The molecule has 0 aromatic heterocycles. The number of ether oxygens (including phenoxy) is 3. The molecule has 8 heteroatoms. The number of hydrogen-bond acceptors (Lipinski definition) is 6. The maximum absolute atomic E-state index is 12.8. The topological polar surface area (TPSA) is 89.3 Å². The highest BCUT2D eigenvalue weighted by molar-refractivity contribution is 5.74. The molecule has 0 saturated heterocycles. The summed E-state index contributed by atoms with van der Waals surface area (Å²) in [7, 11) is 4.97. The van der Waals surface area contributed by atoms with Gasteiger partial charge < -0.3 is 35.1 Å². The average Bonchev–Trinajstić information content (AvgIpc) is 2.81. The van der Waals surface area contributed by atoms with Crippen LogP contribution >= 0.6 is 0 Å². The highest BCUT2D eigenvalue weighted by Gasteiger charge is 2.25. The smallest absolute Gasteiger partial charge is 0.321 e. The molecule has 1 aromatic carbocycles. The number of rotatable bonds is 6. The number of nitrogens with two attached hydrogens (primary N) is 1. The Bertz CT molecular complexity index is 561. The molecule has 0 radical (unpaired) electrons. The van der Waals surface area contributed by atoms with Crippen molar-refractivity contribution < 1.29 is 19.0 Å². The molecule has 8 nitrogen and oxygen atoms in total. The standard InChI is InChI=1S/C16H26N4O4/c1-18-11-20(5-4-17)16(21)19-6-7-24-13-9-15(23-3)14(22-2)8-12(13)10-19/h8-9,18H,4-7,10-11,17H2,1-3H3. The number of fused-ring (bicyclic) bond motifs is 1. The average molecular weight is 338 g/mol. The summed E-state index contributed by atoms with van der Waals surface area (Å²) >= 11 is 0. The Labute approximate surface area is 142 Å². The van der Waals surface area contributed by atoms with Crippen LogP contribution in [0.2, 0.25) is 0 Å². The quantitative estimate of drug-likeness (QED) is 0.733. The Morgan fingerprint density at radius 3 is 2.71 bits per heavy atom. The number of nitrogens with one attached hydrogen (secondary N) is 1. The summed E-state index contributed by atoms with van der Waals surface area (Å²) in [5.74, 6) is 1.93. The van der Waals surface area contributed by atoms with Gasteiger partial charge in [0.15, 0.2) is 11.5 Å². The molecule has 1 aromatic rings. The van der Waals surface area contributed by atoms with Crippen LogP contribution in [0.5, 0.6) is 17.2 Å². The van der Waals surface area contributed by atoms with E-state index in [9.17, 15) is 4.79 Å². The molecule has 3 N–H and O–H groups in total. The van der Waals surface area contributed by atoms with Crippen molar-refractivity contribution in [2.24, 2.45) is 5.73 Å². The molecule has 0 fully saturated rings. The fraction of sp³-hybridized carbons (Fsp3) is 0.562. The number of amides is 2. The van der Waals surface area contributed by atoms with Crippen LogP contribution in [0.25, 0.3) is 0 Å². The summed E-state index contributed by atoms with van der Waals surface area (Å²) in [5, 5.41) is 3.00. The van der Waals surface area contributed by atoms with Crippen LogP contribution < -0.4 is 25.3 Å². The Morgan fingerprint density at radius 1 is 1.38 bits per heavy atom. The monoisotopic (exact) mass is 338 g/mol. The molecule has 0 unspecified atom stereocenters. The SMILES string of the molecule is CNCN(CCN)C(=O)N1CCOc2cc(OC)c(OC)cc2C1. The maximum Gasteiger partial charge on any atom is 0.321 e. The molecule has 134 valence electrons. The predicted octanol–water partition coefficient (Wildman–Crippen LogP) is 0.456. The number of carbonyl (C=O) groups excluding carboxylic acids is 1. The number of nitrogens with zero attached hydrogens (tertiary/aromatic N) is 2. The van der Waals surface area contributed by atoms with Crippen LogP contribution in [0.1, 0.15) is 5.56 Å². The van der Waals surface area contributed by atoms with Gasteiger partial charge in [0.25, 0.3) is 0 Å². The van der Waals surface area contributed by atoms with E-state index in [4.69, 9.17) is 19.9 Å². The minimum atomic E-state index is -0.0685. The first-order chi connectivity index (χ1) is 11.6. The zero-order valence-electron chi connectivity index (χ0n) is 14.5. The molecule has 1 aliphatic heterocycles. The van der Waals surface area contributed by atoms with Crippen molar-refractivity contribution in [3.05, 3.63) is 17.7 Å². The van der Waals surface area contributed by atoms with Gasteiger partial charge in [-0.15, -0.1) is 0 Å². The molecule has 0 aliphatic carbocycles. The lowest BCUT2D eigenvalue weighted by atomic mass is 10.1. The predicted molar refractivity (Wildman–Crippen MR) is 90.5 cm³/mol. The van der Waals surface area contributed by atoms with E-state index in [1.54, 1.807) is 37.1 Å². The van der Waals surface area contributed by atoms with Crippen LogP contribution in [-0.4, -0.2) is 70.0 Å². The molecule has 2 rings (SSSR count). The van der Waals surface area contributed by atoms with Crippen molar-refractivity contribution >= 4 is 6.03 Å². The number of methoxy groups -OCH3 is 2. The molecular formula is C16H26N4O4. The van der Waals surface area contributed by atoms with Crippen LogP contribution in [0, 0.1) is 0 Å². The van der Waals surface area contributed by atoms with Crippen molar-refractivity contribution in [2.45, 2.75) is 6.54 Å². The van der Waals surface area contributed by atoms with E-state index in [1.807, 2.05) is 6.07 Å². The lowest BCUT2D eigenvalue weighted by Crippen LogP contribution is -2.48. The third-order valence-electron chi connectivity index (χ3n) is 3.84. The first-order valence-corrected chi connectivity index (χ1v) is 7.90. The fourth-order valence-electron chi connectivity index (χ4n) is 2.66. The summed E-state index contributed by atoms with van der Waals surface area (Å²) in [6.45, 7) is 2.73. The second-order valence-electron chi connectivity index (χ2n) is 5.43. The summed E-state index contributed by atoms with van der Waals surface area (Å²) in [4.78, 5) is 16.2. The van der Waals surface area contributed by atoms with Gasteiger partial charge in [-0.25, -0.2) is 4.79 Å².